The summed E-state index contributed by atoms with van der Waals surface area (Å²) in [6.45, 7) is 4.80. The molecule has 1 aliphatic carbocycles. The summed E-state index contributed by atoms with van der Waals surface area (Å²) in [5, 5.41) is 0. The molecule has 0 amide bonds. The lowest BCUT2D eigenvalue weighted by Gasteiger charge is -2.32. The van der Waals surface area contributed by atoms with Gasteiger partial charge in [-0.15, -0.1) is 0 Å². The first kappa shape index (κ1) is 18.9. The van der Waals surface area contributed by atoms with E-state index in [1.54, 1.807) is 0 Å². The lowest BCUT2D eigenvalue weighted by Crippen LogP contribution is -2.21. The standard InChI is InChI=1S/C24H31I/c1-3-4-19-5-9-21(10-6-19)18(2)17-20-7-11-22(12-8-20)23-13-15-24(25)16-14-23/h7-8,11-16,18-19,21H,3-6,9-10,17H2,1-2H3. The maximum Gasteiger partial charge on any atom is 0.0130 e. The molecule has 2 aromatic rings. The van der Waals surface area contributed by atoms with E-state index < -0.39 is 0 Å². The number of rotatable bonds is 6. The Hall–Kier alpha value is -0.830. The van der Waals surface area contributed by atoms with E-state index in [4.69, 9.17) is 0 Å². The highest BCUT2D eigenvalue weighted by Crippen LogP contribution is 2.36. The van der Waals surface area contributed by atoms with Gasteiger partial charge < -0.3 is 0 Å². The SMILES string of the molecule is CCCC1CCC(C(C)Cc2ccc(-c3ccc(I)cc3)cc2)CC1. The molecule has 0 radical (unpaired) electrons. The van der Waals surface area contributed by atoms with Gasteiger partial charge in [0.25, 0.3) is 0 Å². The zero-order chi connectivity index (χ0) is 17.6. The van der Waals surface area contributed by atoms with Crippen molar-refractivity contribution in [3.05, 3.63) is 57.7 Å². The Morgan fingerprint density at radius 2 is 1.44 bits per heavy atom. The van der Waals surface area contributed by atoms with E-state index in [0.717, 1.165) is 17.8 Å². The average Bonchev–Trinajstić information content (AvgIpc) is 2.64. The lowest BCUT2D eigenvalue weighted by molar-refractivity contribution is 0.206. The molecule has 0 spiro atoms. The van der Waals surface area contributed by atoms with Crippen LogP contribution < -0.4 is 0 Å². The fraction of sp³-hybridized carbons (Fsp3) is 0.500. The summed E-state index contributed by atoms with van der Waals surface area (Å²) in [5.41, 5.74) is 4.14. The highest BCUT2D eigenvalue weighted by molar-refractivity contribution is 14.1. The average molecular weight is 446 g/mol. The van der Waals surface area contributed by atoms with Gasteiger partial charge in [0, 0.05) is 3.57 Å². The number of halogens is 1. The molecule has 3 rings (SSSR count). The largest absolute Gasteiger partial charge is 0.0654 e. The molecule has 2 aromatic carbocycles. The summed E-state index contributed by atoms with van der Waals surface area (Å²) in [5.74, 6) is 2.76. The minimum atomic E-state index is 0.812. The Bertz CT molecular complexity index is 633. The van der Waals surface area contributed by atoms with Crippen LogP contribution in [0.3, 0.4) is 0 Å². The van der Waals surface area contributed by atoms with Crippen LogP contribution in [0.1, 0.15) is 57.9 Å². The molecule has 0 bridgehead atoms. The van der Waals surface area contributed by atoms with Crippen molar-refractivity contribution in [2.24, 2.45) is 17.8 Å². The van der Waals surface area contributed by atoms with E-state index in [0.29, 0.717) is 0 Å². The predicted molar refractivity (Wildman–Crippen MR) is 118 cm³/mol. The van der Waals surface area contributed by atoms with Gasteiger partial charge in [0.15, 0.2) is 0 Å². The quantitative estimate of drug-likeness (QED) is 0.398. The highest BCUT2D eigenvalue weighted by Gasteiger charge is 2.24. The third-order valence-electron chi connectivity index (χ3n) is 6.08. The van der Waals surface area contributed by atoms with Crippen molar-refractivity contribution in [2.75, 3.05) is 0 Å². The molecular formula is C24H31I. The van der Waals surface area contributed by atoms with Crippen LogP contribution in [0.2, 0.25) is 0 Å². The number of benzene rings is 2. The summed E-state index contributed by atoms with van der Waals surface area (Å²) in [7, 11) is 0. The van der Waals surface area contributed by atoms with Crippen molar-refractivity contribution >= 4 is 22.6 Å². The summed E-state index contributed by atoms with van der Waals surface area (Å²) in [6, 6.07) is 18.1. The zero-order valence-corrected chi connectivity index (χ0v) is 17.8. The van der Waals surface area contributed by atoms with E-state index in [1.165, 1.54) is 65.2 Å². The van der Waals surface area contributed by atoms with Crippen LogP contribution in [0.5, 0.6) is 0 Å². The van der Waals surface area contributed by atoms with Gasteiger partial charge in [-0.1, -0.05) is 75.9 Å². The van der Waals surface area contributed by atoms with E-state index in [2.05, 4.69) is 85.0 Å². The first-order valence-corrected chi connectivity index (χ1v) is 11.1. The Balaban J connectivity index is 1.55. The third kappa shape index (κ3) is 5.32. The van der Waals surface area contributed by atoms with Gasteiger partial charge in [-0.2, -0.15) is 0 Å². The third-order valence-corrected chi connectivity index (χ3v) is 6.80. The van der Waals surface area contributed by atoms with Gasteiger partial charge in [0.1, 0.15) is 0 Å². The van der Waals surface area contributed by atoms with Gasteiger partial charge in [-0.3, -0.25) is 0 Å². The number of hydrogen-bond donors (Lipinski definition) is 0. The van der Waals surface area contributed by atoms with Gasteiger partial charge in [0.2, 0.25) is 0 Å². The lowest BCUT2D eigenvalue weighted by atomic mass is 9.74. The second kappa shape index (κ2) is 9.21. The Labute approximate surface area is 167 Å². The monoisotopic (exact) mass is 446 g/mol. The molecular weight excluding hydrogens is 415 g/mol. The van der Waals surface area contributed by atoms with Gasteiger partial charge in [0.05, 0.1) is 0 Å². The molecule has 1 unspecified atom stereocenters. The smallest absolute Gasteiger partial charge is 0.0130 e. The fourth-order valence-electron chi connectivity index (χ4n) is 4.47. The molecule has 0 nitrogen and oxygen atoms in total. The molecule has 1 fully saturated rings. The zero-order valence-electron chi connectivity index (χ0n) is 15.7. The van der Waals surface area contributed by atoms with Crippen molar-refractivity contribution in [2.45, 2.75) is 58.8 Å². The van der Waals surface area contributed by atoms with E-state index in [1.807, 2.05) is 0 Å². The summed E-state index contributed by atoms with van der Waals surface area (Å²) in [4.78, 5) is 0. The fourth-order valence-corrected chi connectivity index (χ4v) is 4.83. The van der Waals surface area contributed by atoms with Crippen molar-refractivity contribution < 1.29 is 0 Å². The molecule has 134 valence electrons. The van der Waals surface area contributed by atoms with E-state index in [9.17, 15) is 0 Å². The van der Waals surface area contributed by atoms with Crippen LogP contribution in [0, 0.1) is 21.3 Å². The summed E-state index contributed by atoms with van der Waals surface area (Å²) >= 11 is 2.36. The van der Waals surface area contributed by atoms with Crippen LogP contribution in [0.15, 0.2) is 48.5 Å². The van der Waals surface area contributed by atoms with Crippen molar-refractivity contribution in [3.8, 4) is 11.1 Å². The molecule has 0 saturated heterocycles. The normalized spacial score (nSPS) is 21.9. The molecule has 25 heavy (non-hydrogen) atoms. The minimum Gasteiger partial charge on any atom is -0.0654 e. The molecule has 0 aromatic heterocycles. The van der Waals surface area contributed by atoms with E-state index >= 15 is 0 Å². The van der Waals surface area contributed by atoms with Crippen molar-refractivity contribution in [3.63, 3.8) is 0 Å². The molecule has 1 heteroatoms. The topological polar surface area (TPSA) is 0 Å². The second-order valence-electron chi connectivity index (χ2n) is 7.95. The van der Waals surface area contributed by atoms with Crippen LogP contribution in [-0.2, 0) is 6.42 Å². The Kier molecular flexibility index (Phi) is 6.98. The maximum absolute atomic E-state index is 2.47. The highest BCUT2D eigenvalue weighted by atomic mass is 127. The molecule has 0 N–H and O–H groups in total. The van der Waals surface area contributed by atoms with Crippen molar-refractivity contribution in [1.82, 2.24) is 0 Å². The maximum atomic E-state index is 2.47. The van der Waals surface area contributed by atoms with Crippen LogP contribution >= 0.6 is 22.6 Å². The molecule has 1 aliphatic rings. The van der Waals surface area contributed by atoms with E-state index in [-0.39, 0.29) is 0 Å². The Morgan fingerprint density at radius 3 is 2.00 bits per heavy atom. The second-order valence-corrected chi connectivity index (χ2v) is 9.20. The summed E-state index contributed by atoms with van der Waals surface area (Å²) < 4.78 is 1.29. The molecule has 0 heterocycles. The first-order chi connectivity index (χ1) is 12.2. The predicted octanol–water partition coefficient (Wildman–Crippen LogP) is 7.74. The molecule has 1 atom stereocenters. The van der Waals surface area contributed by atoms with Crippen molar-refractivity contribution in [1.29, 1.82) is 0 Å². The molecule has 0 aliphatic heterocycles. The van der Waals surface area contributed by atoms with Crippen LogP contribution in [0.25, 0.3) is 11.1 Å². The van der Waals surface area contributed by atoms with Gasteiger partial charge in [-0.05, 0) is 88.4 Å². The van der Waals surface area contributed by atoms with Gasteiger partial charge >= 0.3 is 0 Å². The van der Waals surface area contributed by atoms with Crippen LogP contribution in [-0.4, -0.2) is 0 Å². The molecule has 1 saturated carbocycles. The van der Waals surface area contributed by atoms with Gasteiger partial charge in [-0.25, -0.2) is 0 Å². The number of hydrogen-bond acceptors (Lipinski definition) is 0. The summed E-state index contributed by atoms with van der Waals surface area (Å²) in [6.07, 6.45) is 9.87. The Morgan fingerprint density at radius 1 is 0.880 bits per heavy atom. The minimum absolute atomic E-state index is 0.812. The van der Waals surface area contributed by atoms with Crippen LogP contribution in [0.4, 0.5) is 0 Å². The first-order valence-electron chi connectivity index (χ1n) is 10.0.